The summed E-state index contributed by atoms with van der Waals surface area (Å²) in [6.45, 7) is 1.52. The molecule has 0 saturated heterocycles. The molecule has 7 nitrogen and oxygen atoms in total. The van der Waals surface area contributed by atoms with Crippen LogP contribution in [0.1, 0.15) is 17.3 Å². The van der Waals surface area contributed by atoms with E-state index in [4.69, 9.17) is 0 Å². The molecule has 2 aromatic rings. The number of Topliss-reactive ketones (excluding diaryl/α,β-unsaturated/α-hetero) is 1. The van der Waals surface area contributed by atoms with Crippen molar-refractivity contribution in [2.75, 3.05) is 11.4 Å². The third kappa shape index (κ3) is 4.79. The highest BCUT2D eigenvalue weighted by Gasteiger charge is 2.29. The summed E-state index contributed by atoms with van der Waals surface area (Å²) >= 11 is 0. The van der Waals surface area contributed by atoms with E-state index < -0.39 is 55.2 Å². The first kappa shape index (κ1) is 24.5. The van der Waals surface area contributed by atoms with Crippen molar-refractivity contribution in [3.63, 3.8) is 0 Å². The Morgan fingerprint density at radius 3 is 2.38 bits per heavy atom. The molecule has 3 rings (SSSR count). The SMILES string of the molecule is CC1=C(C#N)\C=C/NCN/C=C\1C(=O)c1c(F)ccc(NS(=O)(=O)c2c(F)cccc2F)c1F. The predicted octanol–water partition coefficient (Wildman–Crippen LogP) is 3.61. The summed E-state index contributed by atoms with van der Waals surface area (Å²) in [6.07, 6.45) is 3.96. The fourth-order valence-electron chi connectivity index (χ4n) is 3.06. The Kier molecular flexibility index (Phi) is 7.07. The Balaban J connectivity index is 2.10. The quantitative estimate of drug-likeness (QED) is 0.435. The van der Waals surface area contributed by atoms with Gasteiger partial charge in [0.05, 0.1) is 29.6 Å². The molecule has 0 aliphatic carbocycles. The maximum Gasteiger partial charge on any atom is 0.267 e. The van der Waals surface area contributed by atoms with Gasteiger partial charge in [-0.15, -0.1) is 0 Å². The van der Waals surface area contributed by atoms with Gasteiger partial charge >= 0.3 is 0 Å². The molecule has 0 unspecified atom stereocenters. The van der Waals surface area contributed by atoms with Crippen LogP contribution in [0.4, 0.5) is 23.2 Å². The van der Waals surface area contributed by atoms with Gasteiger partial charge in [-0.3, -0.25) is 9.52 Å². The topological polar surface area (TPSA) is 111 Å². The molecule has 0 radical (unpaired) electrons. The van der Waals surface area contributed by atoms with E-state index in [9.17, 15) is 31.6 Å². The molecule has 1 heterocycles. The van der Waals surface area contributed by atoms with Crippen molar-refractivity contribution in [2.45, 2.75) is 11.8 Å². The van der Waals surface area contributed by atoms with Gasteiger partial charge in [0, 0.05) is 11.8 Å². The molecular weight excluding hydrogens is 476 g/mol. The number of halogens is 4. The lowest BCUT2D eigenvalue weighted by molar-refractivity contribution is 0.102. The van der Waals surface area contributed by atoms with Crippen LogP contribution in [0.5, 0.6) is 0 Å². The number of allylic oxidation sites excluding steroid dienone is 4. The molecule has 0 fully saturated rings. The van der Waals surface area contributed by atoms with Gasteiger partial charge in [-0.25, -0.2) is 26.0 Å². The van der Waals surface area contributed by atoms with Crippen LogP contribution in [0.15, 0.2) is 70.4 Å². The van der Waals surface area contributed by atoms with E-state index in [0.29, 0.717) is 24.3 Å². The monoisotopic (exact) mass is 492 g/mol. The standard InChI is InChI=1S/C22H16F4N4O3S/c1-12-13(9-27)7-8-28-11-29-10-14(12)21(31)19-15(23)5-6-18(20(19)26)30-34(32,33)22-16(24)3-2-4-17(22)25/h2-8,10,28-30H,11H2,1H3/b8-7-,13-12-,14-10+. The molecule has 0 aromatic heterocycles. The molecule has 0 atom stereocenters. The molecule has 1 aliphatic heterocycles. The average Bonchev–Trinajstić information content (AvgIpc) is 2.85. The molecule has 34 heavy (non-hydrogen) atoms. The first-order chi connectivity index (χ1) is 16.1. The number of sulfonamides is 1. The Bertz CT molecular complexity index is 1390. The summed E-state index contributed by atoms with van der Waals surface area (Å²) in [7, 11) is -4.99. The maximum absolute atomic E-state index is 15.2. The first-order valence-corrected chi connectivity index (χ1v) is 11.0. The number of nitrogens with zero attached hydrogens (tertiary/aromatic N) is 1. The number of carbonyl (C=O) groups is 1. The smallest absolute Gasteiger partial charge is 0.267 e. The third-order valence-electron chi connectivity index (χ3n) is 4.74. The van der Waals surface area contributed by atoms with Crippen molar-refractivity contribution in [1.82, 2.24) is 10.6 Å². The Morgan fingerprint density at radius 2 is 1.74 bits per heavy atom. The summed E-state index contributed by atoms with van der Waals surface area (Å²) in [5, 5.41) is 14.8. The molecule has 0 bridgehead atoms. The molecule has 1 aliphatic rings. The second-order valence-corrected chi connectivity index (χ2v) is 8.52. The summed E-state index contributed by atoms with van der Waals surface area (Å²) in [4.78, 5) is 11.7. The fraction of sp³-hybridized carbons (Fsp3) is 0.0909. The zero-order valence-electron chi connectivity index (χ0n) is 17.4. The van der Waals surface area contributed by atoms with Gasteiger partial charge in [-0.05, 0) is 49.0 Å². The van der Waals surface area contributed by atoms with Gasteiger partial charge in [0.25, 0.3) is 10.0 Å². The molecule has 0 spiro atoms. The van der Waals surface area contributed by atoms with E-state index in [1.165, 1.54) is 19.2 Å². The summed E-state index contributed by atoms with van der Waals surface area (Å²) in [5.74, 6) is -6.98. The predicted molar refractivity (Wildman–Crippen MR) is 115 cm³/mol. The number of carbonyl (C=O) groups excluding carboxylic acids is 1. The van der Waals surface area contributed by atoms with Gasteiger partial charge < -0.3 is 10.6 Å². The normalized spacial score (nSPS) is 18.6. The second-order valence-electron chi connectivity index (χ2n) is 6.90. The lowest BCUT2D eigenvalue weighted by Crippen LogP contribution is -2.22. The highest BCUT2D eigenvalue weighted by Crippen LogP contribution is 2.29. The number of hydrogen-bond donors (Lipinski definition) is 3. The number of rotatable bonds is 5. The van der Waals surface area contributed by atoms with Crippen LogP contribution in [0.3, 0.4) is 0 Å². The highest BCUT2D eigenvalue weighted by atomic mass is 32.2. The number of nitrogens with one attached hydrogen (secondary N) is 3. The van der Waals surface area contributed by atoms with Crippen molar-refractivity contribution in [3.8, 4) is 6.07 Å². The number of nitriles is 1. The molecule has 0 saturated carbocycles. The van der Waals surface area contributed by atoms with Crippen molar-refractivity contribution >= 4 is 21.5 Å². The highest BCUT2D eigenvalue weighted by molar-refractivity contribution is 7.92. The van der Waals surface area contributed by atoms with Crippen LogP contribution >= 0.6 is 0 Å². The van der Waals surface area contributed by atoms with Crippen molar-refractivity contribution < 1.29 is 30.8 Å². The molecular formula is C22H16F4N4O3S. The largest absolute Gasteiger partial charge is 0.374 e. The van der Waals surface area contributed by atoms with Crippen LogP contribution < -0.4 is 15.4 Å². The van der Waals surface area contributed by atoms with E-state index in [0.717, 1.165) is 12.3 Å². The van der Waals surface area contributed by atoms with Gasteiger partial charge in [0.15, 0.2) is 10.7 Å². The minimum absolute atomic E-state index is 0.0310. The van der Waals surface area contributed by atoms with E-state index in [-0.39, 0.29) is 23.4 Å². The van der Waals surface area contributed by atoms with E-state index >= 15 is 4.39 Å². The van der Waals surface area contributed by atoms with Crippen LogP contribution in [0.25, 0.3) is 0 Å². The van der Waals surface area contributed by atoms with Gasteiger partial charge in [0.1, 0.15) is 17.5 Å². The van der Waals surface area contributed by atoms with Crippen LogP contribution in [-0.4, -0.2) is 20.9 Å². The lowest BCUT2D eigenvalue weighted by atomic mass is 9.94. The van der Waals surface area contributed by atoms with E-state index in [2.05, 4.69) is 10.6 Å². The van der Waals surface area contributed by atoms with Gasteiger partial charge in [-0.2, -0.15) is 5.26 Å². The Morgan fingerprint density at radius 1 is 1.06 bits per heavy atom. The first-order valence-electron chi connectivity index (χ1n) is 9.53. The van der Waals surface area contributed by atoms with Crippen molar-refractivity contribution in [3.05, 3.63) is 94.4 Å². The van der Waals surface area contributed by atoms with Crippen LogP contribution in [0.2, 0.25) is 0 Å². The summed E-state index contributed by atoms with van der Waals surface area (Å²) < 4.78 is 84.4. The number of benzene rings is 2. The average molecular weight is 492 g/mol. The number of hydrogen-bond acceptors (Lipinski definition) is 6. The Labute approximate surface area is 192 Å². The van der Waals surface area contributed by atoms with Crippen LogP contribution in [0, 0.1) is 34.6 Å². The van der Waals surface area contributed by atoms with Crippen molar-refractivity contribution in [1.29, 1.82) is 5.26 Å². The molecule has 176 valence electrons. The number of anilines is 1. The summed E-state index contributed by atoms with van der Waals surface area (Å²) in [5.41, 5.74) is -2.17. The van der Waals surface area contributed by atoms with E-state index in [1.807, 2.05) is 6.07 Å². The lowest BCUT2D eigenvalue weighted by Gasteiger charge is -2.14. The molecule has 2 aromatic carbocycles. The summed E-state index contributed by atoms with van der Waals surface area (Å²) in [6, 6.07) is 5.48. The third-order valence-corrected chi connectivity index (χ3v) is 6.16. The molecule has 0 amide bonds. The number of ketones is 1. The zero-order valence-corrected chi connectivity index (χ0v) is 18.2. The minimum atomic E-state index is -4.99. The van der Waals surface area contributed by atoms with Crippen molar-refractivity contribution in [2.24, 2.45) is 0 Å². The van der Waals surface area contributed by atoms with Gasteiger partial charge in [0.2, 0.25) is 5.78 Å². The Hall–Kier alpha value is -4.11. The van der Waals surface area contributed by atoms with Gasteiger partial charge in [-0.1, -0.05) is 6.07 Å². The minimum Gasteiger partial charge on any atom is -0.374 e. The van der Waals surface area contributed by atoms with E-state index in [1.54, 1.807) is 4.72 Å². The second kappa shape index (κ2) is 9.80. The maximum atomic E-state index is 15.2. The zero-order chi connectivity index (χ0) is 25.0. The fourth-order valence-corrected chi connectivity index (χ4v) is 4.26. The molecule has 3 N–H and O–H groups in total. The van der Waals surface area contributed by atoms with Crippen LogP contribution in [-0.2, 0) is 10.0 Å². The molecule has 12 heteroatoms.